The number of hydrogen-bond acceptors (Lipinski definition) is 4. The molecule has 0 radical (unpaired) electrons. The molecule has 6 heteroatoms. The minimum atomic E-state index is -0.591. The van der Waals surface area contributed by atoms with Crippen LogP contribution in [0.5, 0.6) is 0 Å². The van der Waals surface area contributed by atoms with E-state index in [4.69, 9.17) is 23.2 Å². The standard InChI is InChI=1S/C10H8Cl2O2S2/c1-10(2)8(13)6(9(14)16-10)7-4(11)3-5(12)15-7/h3,13H,1-2H3. The van der Waals surface area contributed by atoms with Crippen molar-refractivity contribution in [3.8, 4) is 0 Å². The highest BCUT2D eigenvalue weighted by Crippen LogP contribution is 2.49. The number of halogens is 2. The van der Waals surface area contributed by atoms with Crippen molar-refractivity contribution in [3.05, 3.63) is 26.1 Å². The zero-order valence-electron chi connectivity index (χ0n) is 8.51. The van der Waals surface area contributed by atoms with Gasteiger partial charge in [-0.25, -0.2) is 0 Å². The lowest BCUT2D eigenvalue weighted by Gasteiger charge is -2.14. The highest BCUT2D eigenvalue weighted by atomic mass is 35.5. The zero-order chi connectivity index (χ0) is 12.1. The summed E-state index contributed by atoms with van der Waals surface area (Å²) in [5.41, 5.74) is 0.289. The maximum Gasteiger partial charge on any atom is 0.225 e. The average molecular weight is 295 g/mol. The van der Waals surface area contributed by atoms with Crippen LogP contribution in [-0.4, -0.2) is 15.0 Å². The summed E-state index contributed by atoms with van der Waals surface area (Å²) in [5, 5.41) is 10.3. The van der Waals surface area contributed by atoms with Crippen LogP contribution in [0.1, 0.15) is 18.7 Å². The molecular weight excluding hydrogens is 287 g/mol. The molecule has 2 nitrogen and oxygen atoms in total. The third-order valence-corrected chi connectivity index (χ3v) is 5.03. The lowest BCUT2D eigenvalue weighted by atomic mass is 10.1. The quantitative estimate of drug-likeness (QED) is 0.835. The highest BCUT2D eigenvalue weighted by molar-refractivity contribution is 8.16. The fourth-order valence-electron chi connectivity index (χ4n) is 1.44. The number of thioether (sulfide) groups is 1. The molecule has 0 unspecified atom stereocenters. The molecule has 1 aromatic rings. The predicted octanol–water partition coefficient (Wildman–Crippen LogP) is 4.38. The molecular formula is C10H8Cl2O2S2. The van der Waals surface area contributed by atoms with E-state index in [1.54, 1.807) is 19.9 Å². The zero-order valence-corrected chi connectivity index (χ0v) is 11.7. The maximum atomic E-state index is 11.8. The van der Waals surface area contributed by atoms with Crippen LogP contribution in [0, 0.1) is 0 Å². The molecule has 1 N–H and O–H groups in total. The van der Waals surface area contributed by atoms with Crippen molar-refractivity contribution in [1.82, 2.24) is 0 Å². The SMILES string of the molecule is CC1(C)SC(=O)C(c2sc(Cl)cc2Cl)=C1O. The van der Waals surface area contributed by atoms with Crippen LogP contribution in [0.15, 0.2) is 11.8 Å². The van der Waals surface area contributed by atoms with Gasteiger partial charge in [-0.1, -0.05) is 35.0 Å². The molecule has 1 aliphatic heterocycles. The molecule has 0 fully saturated rings. The highest BCUT2D eigenvalue weighted by Gasteiger charge is 2.41. The van der Waals surface area contributed by atoms with Crippen molar-refractivity contribution < 1.29 is 9.90 Å². The molecule has 1 aromatic heterocycles. The van der Waals surface area contributed by atoms with Gasteiger partial charge in [-0.3, -0.25) is 4.79 Å². The monoisotopic (exact) mass is 294 g/mol. The van der Waals surface area contributed by atoms with Gasteiger partial charge in [0.15, 0.2) is 0 Å². The second kappa shape index (κ2) is 3.95. The maximum absolute atomic E-state index is 11.8. The van der Waals surface area contributed by atoms with E-state index in [2.05, 4.69) is 0 Å². The molecule has 0 atom stereocenters. The van der Waals surface area contributed by atoms with Gasteiger partial charge in [-0.05, 0) is 19.9 Å². The van der Waals surface area contributed by atoms with Crippen LogP contribution >= 0.6 is 46.3 Å². The molecule has 1 aliphatic rings. The first kappa shape index (κ1) is 12.3. The van der Waals surface area contributed by atoms with Crippen molar-refractivity contribution >= 4 is 57.0 Å². The van der Waals surface area contributed by atoms with Crippen molar-refractivity contribution in [1.29, 1.82) is 0 Å². The molecule has 0 spiro atoms. The Morgan fingerprint density at radius 1 is 1.38 bits per heavy atom. The summed E-state index contributed by atoms with van der Waals surface area (Å²) in [7, 11) is 0. The Morgan fingerprint density at radius 3 is 2.38 bits per heavy atom. The number of hydrogen-bond donors (Lipinski definition) is 1. The largest absolute Gasteiger partial charge is 0.510 e. The summed E-state index contributed by atoms with van der Waals surface area (Å²) in [6.07, 6.45) is 0. The van der Waals surface area contributed by atoms with E-state index >= 15 is 0 Å². The van der Waals surface area contributed by atoms with E-state index in [0.29, 0.717) is 14.2 Å². The summed E-state index contributed by atoms with van der Waals surface area (Å²) in [5.74, 6) is 0.0721. The first-order chi connectivity index (χ1) is 7.33. The topological polar surface area (TPSA) is 37.3 Å². The van der Waals surface area contributed by atoms with Gasteiger partial charge in [0.05, 0.1) is 24.6 Å². The summed E-state index contributed by atoms with van der Waals surface area (Å²) in [6.45, 7) is 3.59. The first-order valence-corrected chi connectivity index (χ1v) is 6.84. The molecule has 0 aromatic carbocycles. The van der Waals surface area contributed by atoms with E-state index in [1.807, 2.05) is 0 Å². The van der Waals surface area contributed by atoms with Crippen LogP contribution in [0.4, 0.5) is 0 Å². The molecule has 0 bridgehead atoms. The molecule has 2 rings (SSSR count). The van der Waals surface area contributed by atoms with Crippen LogP contribution in [0.25, 0.3) is 5.57 Å². The summed E-state index contributed by atoms with van der Waals surface area (Å²) in [4.78, 5) is 12.4. The van der Waals surface area contributed by atoms with Crippen LogP contribution < -0.4 is 0 Å². The first-order valence-electron chi connectivity index (χ1n) is 4.45. The average Bonchev–Trinajstić information content (AvgIpc) is 2.53. The Bertz CT molecular complexity index is 503. The minimum absolute atomic E-state index is 0.0721. The van der Waals surface area contributed by atoms with Crippen LogP contribution in [0.3, 0.4) is 0 Å². The number of thiophene rings is 1. The molecule has 0 saturated heterocycles. The molecule has 86 valence electrons. The molecule has 0 saturated carbocycles. The summed E-state index contributed by atoms with van der Waals surface area (Å²) in [6, 6.07) is 1.58. The van der Waals surface area contributed by atoms with E-state index in [-0.39, 0.29) is 16.4 Å². The number of carbonyl (C=O) groups excluding carboxylic acids is 1. The molecule has 2 heterocycles. The van der Waals surface area contributed by atoms with Gasteiger partial charge in [0.1, 0.15) is 5.76 Å². The fraction of sp³-hybridized carbons (Fsp3) is 0.300. The predicted molar refractivity (Wildman–Crippen MR) is 70.6 cm³/mol. The second-order valence-electron chi connectivity index (χ2n) is 3.85. The smallest absolute Gasteiger partial charge is 0.225 e. The lowest BCUT2D eigenvalue weighted by molar-refractivity contribution is -0.106. The Kier molecular flexibility index (Phi) is 3.03. The van der Waals surface area contributed by atoms with Gasteiger partial charge in [0.25, 0.3) is 0 Å². The van der Waals surface area contributed by atoms with Gasteiger partial charge in [0.2, 0.25) is 5.12 Å². The Morgan fingerprint density at radius 2 is 2.00 bits per heavy atom. The van der Waals surface area contributed by atoms with E-state index in [9.17, 15) is 9.90 Å². The Labute approximate surface area is 111 Å². The van der Waals surface area contributed by atoms with Gasteiger partial charge >= 0.3 is 0 Å². The molecule has 0 amide bonds. The molecule has 0 aliphatic carbocycles. The van der Waals surface area contributed by atoms with Gasteiger partial charge in [-0.2, -0.15) is 0 Å². The van der Waals surface area contributed by atoms with Gasteiger partial charge in [-0.15, -0.1) is 11.3 Å². The Balaban J connectivity index is 2.60. The van der Waals surface area contributed by atoms with Crippen LogP contribution in [0.2, 0.25) is 9.36 Å². The second-order valence-corrected chi connectivity index (χ2v) is 7.54. The summed E-state index contributed by atoms with van der Waals surface area (Å²) < 4.78 is -0.0885. The van der Waals surface area contributed by atoms with E-state index < -0.39 is 4.75 Å². The fourth-order valence-corrected chi connectivity index (χ4v) is 4.07. The normalized spacial score (nSPS) is 19.6. The molecule has 16 heavy (non-hydrogen) atoms. The lowest BCUT2D eigenvalue weighted by Crippen LogP contribution is -2.13. The number of rotatable bonds is 1. The number of aliphatic hydroxyl groups is 1. The van der Waals surface area contributed by atoms with E-state index in [1.165, 1.54) is 11.3 Å². The van der Waals surface area contributed by atoms with E-state index in [0.717, 1.165) is 11.8 Å². The summed E-state index contributed by atoms with van der Waals surface area (Å²) >= 11 is 14.1. The third kappa shape index (κ3) is 1.88. The van der Waals surface area contributed by atoms with Gasteiger partial charge < -0.3 is 5.11 Å². The Hall–Kier alpha value is -0.160. The van der Waals surface area contributed by atoms with Gasteiger partial charge in [0, 0.05) is 0 Å². The van der Waals surface area contributed by atoms with Crippen molar-refractivity contribution in [2.24, 2.45) is 0 Å². The van der Waals surface area contributed by atoms with Crippen molar-refractivity contribution in [2.45, 2.75) is 18.6 Å². The third-order valence-electron chi connectivity index (χ3n) is 2.24. The van der Waals surface area contributed by atoms with Crippen molar-refractivity contribution in [3.63, 3.8) is 0 Å². The number of carbonyl (C=O) groups is 1. The van der Waals surface area contributed by atoms with Crippen molar-refractivity contribution in [2.75, 3.05) is 0 Å². The number of aliphatic hydroxyl groups excluding tert-OH is 1. The minimum Gasteiger partial charge on any atom is -0.510 e. The van der Waals surface area contributed by atoms with Crippen LogP contribution in [-0.2, 0) is 4.79 Å².